The molecule has 0 fully saturated rings. The SMILES string of the molecule is CCC(CC)(COC(=O)NN)COC(=O)NN. The molecule has 0 aliphatic carbocycles. The van der Waals surface area contributed by atoms with Gasteiger partial charge in [-0.15, -0.1) is 0 Å². The van der Waals surface area contributed by atoms with E-state index in [1.165, 1.54) is 0 Å². The number of rotatable bonds is 6. The molecule has 0 aliphatic rings. The summed E-state index contributed by atoms with van der Waals surface area (Å²) in [6.07, 6.45) is -0.0857. The second-order valence-electron chi connectivity index (χ2n) is 3.65. The molecule has 0 aromatic heterocycles. The highest BCUT2D eigenvalue weighted by Crippen LogP contribution is 2.27. The van der Waals surface area contributed by atoms with Gasteiger partial charge in [0.05, 0.1) is 0 Å². The highest BCUT2D eigenvalue weighted by atomic mass is 16.6. The Balaban J connectivity index is 4.34. The largest absolute Gasteiger partial charge is 0.448 e. The van der Waals surface area contributed by atoms with Crippen molar-refractivity contribution < 1.29 is 19.1 Å². The maximum atomic E-state index is 10.9. The summed E-state index contributed by atoms with van der Waals surface area (Å²) in [6, 6.07) is 0. The lowest BCUT2D eigenvalue weighted by Crippen LogP contribution is -2.39. The van der Waals surface area contributed by atoms with Crippen LogP contribution in [-0.4, -0.2) is 25.4 Å². The van der Waals surface area contributed by atoms with Crippen molar-refractivity contribution in [1.29, 1.82) is 0 Å². The zero-order valence-electron chi connectivity index (χ0n) is 10.1. The van der Waals surface area contributed by atoms with Gasteiger partial charge in [0.2, 0.25) is 0 Å². The average molecular weight is 248 g/mol. The first-order chi connectivity index (χ1) is 8.03. The van der Waals surface area contributed by atoms with Crippen molar-refractivity contribution in [3.05, 3.63) is 0 Å². The highest BCUT2D eigenvalue weighted by Gasteiger charge is 2.30. The Morgan fingerprint density at radius 3 is 1.59 bits per heavy atom. The number of nitrogens with two attached hydrogens (primary N) is 2. The van der Waals surface area contributed by atoms with Gasteiger partial charge in [-0.05, 0) is 12.8 Å². The van der Waals surface area contributed by atoms with Gasteiger partial charge in [-0.2, -0.15) is 0 Å². The predicted molar refractivity (Wildman–Crippen MR) is 60.4 cm³/mol. The molecule has 8 heteroatoms. The second-order valence-corrected chi connectivity index (χ2v) is 3.65. The maximum Gasteiger partial charge on any atom is 0.421 e. The lowest BCUT2D eigenvalue weighted by Gasteiger charge is -2.30. The molecular formula is C9H20N4O4. The third kappa shape index (κ3) is 5.36. The summed E-state index contributed by atoms with van der Waals surface area (Å²) < 4.78 is 9.77. The van der Waals surface area contributed by atoms with E-state index in [1.807, 2.05) is 24.7 Å². The van der Waals surface area contributed by atoms with E-state index in [9.17, 15) is 9.59 Å². The number of nitrogens with one attached hydrogen (secondary N) is 2. The van der Waals surface area contributed by atoms with E-state index in [4.69, 9.17) is 21.2 Å². The Bertz CT molecular complexity index is 233. The topological polar surface area (TPSA) is 129 Å². The number of carbonyl (C=O) groups is 2. The van der Waals surface area contributed by atoms with Crippen molar-refractivity contribution in [2.45, 2.75) is 26.7 Å². The van der Waals surface area contributed by atoms with Crippen LogP contribution in [0.1, 0.15) is 26.7 Å². The first kappa shape index (κ1) is 15.5. The van der Waals surface area contributed by atoms with Gasteiger partial charge >= 0.3 is 12.2 Å². The first-order valence-electron chi connectivity index (χ1n) is 5.30. The molecule has 0 saturated carbocycles. The van der Waals surface area contributed by atoms with E-state index in [-0.39, 0.29) is 13.2 Å². The fraction of sp³-hybridized carbons (Fsp3) is 0.778. The zero-order valence-corrected chi connectivity index (χ0v) is 10.1. The van der Waals surface area contributed by atoms with Crippen LogP contribution < -0.4 is 22.5 Å². The molecule has 17 heavy (non-hydrogen) atoms. The molecule has 0 aromatic rings. The quantitative estimate of drug-likeness (QED) is 0.297. The van der Waals surface area contributed by atoms with E-state index in [0.29, 0.717) is 12.8 Å². The van der Waals surface area contributed by atoms with Gasteiger partial charge in [-0.1, -0.05) is 13.8 Å². The zero-order chi connectivity index (χ0) is 13.3. The predicted octanol–water partition coefficient (Wildman–Crippen LogP) is -0.00740. The third-order valence-electron chi connectivity index (χ3n) is 2.75. The minimum atomic E-state index is -0.723. The fourth-order valence-electron chi connectivity index (χ4n) is 1.22. The molecule has 0 bridgehead atoms. The molecule has 0 radical (unpaired) electrons. The van der Waals surface area contributed by atoms with Crippen LogP contribution in [0.4, 0.5) is 9.59 Å². The van der Waals surface area contributed by atoms with E-state index in [2.05, 4.69) is 0 Å². The van der Waals surface area contributed by atoms with Crippen LogP contribution in [0.25, 0.3) is 0 Å². The summed E-state index contributed by atoms with van der Waals surface area (Å²) >= 11 is 0. The van der Waals surface area contributed by atoms with Gasteiger partial charge in [-0.25, -0.2) is 21.3 Å². The van der Waals surface area contributed by atoms with Crippen molar-refractivity contribution >= 4 is 12.2 Å². The molecule has 0 rings (SSSR count). The Kier molecular flexibility index (Phi) is 6.99. The Labute approximate surface area is 99.9 Å². The van der Waals surface area contributed by atoms with Gasteiger partial charge in [-0.3, -0.25) is 10.9 Å². The van der Waals surface area contributed by atoms with Crippen molar-refractivity contribution in [2.24, 2.45) is 17.1 Å². The van der Waals surface area contributed by atoms with E-state index in [1.54, 1.807) is 0 Å². The Morgan fingerprint density at radius 1 is 1.00 bits per heavy atom. The van der Waals surface area contributed by atoms with Crippen LogP contribution in [-0.2, 0) is 9.47 Å². The summed E-state index contributed by atoms with van der Waals surface area (Å²) in [7, 11) is 0. The molecule has 0 atom stereocenters. The van der Waals surface area contributed by atoms with Crippen LogP contribution >= 0.6 is 0 Å². The van der Waals surface area contributed by atoms with Crippen molar-refractivity contribution in [3.63, 3.8) is 0 Å². The Morgan fingerprint density at radius 2 is 1.35 bits per heavy atom. The lowest BCUT2D eigenvalue weighted by molar-refractivity contribution is 0.0210. The summed E-state index contributed by atoms with van der Waals surface area (Å²) in [6.45, 7) is 4.05. The van der Waals surface area contributed by atoms with Gasteiger partial charge in [0, 0.05) is 5.41 Å². The number of carbonyl (C=O) groups excluding carboxylic acids is 2. The number of hydrogen-bond donors (Lipinski definition) is 4. The van der Waals surface area contributed by atoms with Crippen molar-refractivity contribution in [1.82, 2.24) is 10.9 Å². The van der Waals surface area contributed by atoms with Gasteiger partial charge in [0.25, 0.3) is 0 Å². The highest BCUT2D eigenvalue weighted by molar-refractivity contribution is 5.66. The van der Waals surface area contributed by atoms with Crippen LogP contribution in [0.5, 0.6) is 0 Å². The molecule has 0 aliphatic heterocycles. The monoisotopic (exact) mass is 248 g/mol. The number of ether oxygens (including phenoxy) is 2. The standard InChI is InChI=1S/C9H20N4O4/c1-3-9(4-2,5-16-7(14)12-10)6-17-8(15)13-11/h3-6,10-11H2,1-2H3,(H,12,14)(H,13,15). The smallest absolute Gasteiger partial charge is 0.421 e. The summed E-state index contributed by atoms with van der Waals surface area (Å²) in [5.74, 6) is 9.78. The van der Waals surface area contributed by atoms with Crippen molar-refractivity contribution in [3.8, 4) is 0 Å². The Hall–Kier alpha value is -1.54. The molecule has 2 amide bonds. The van der Waals surface area contributed by atoms with Gasteiger partial charge < -0.3 is 9.47 Å². The van der Waals surface area contributed by atoms with E-state index < -0.39 is 17.6 Å². The third-order valence-corrected chi connectivity index (χ3v) is 2.75. The molecule has 100 valence electrons. The molecule has 0 saturated heterocycles. The second kappa shape index (κ2) is 7.69. The molecule has 0 unspecified atom stereocenters. The fourth-order valence-corrected chi connectivity index (χ4v) is 1.22. The molecule has 0 aromatic carbocycles. The normalized spacial score (nSPS) is 10.6. The first-order valence-corrected chi connectivity index (χ1v) is 5.30. The minimum Gasteiger partial charge on any atom is -0.448 e. The molecular weight excluding hydrogens is 228 g/mol. The molecule has 6 N–H and O–H groups in total. The van der Waals surface area contributed by atoms with Gasteiger partial charge in [0.15, 0.2) is 0 Å². The molecule has 0 spiro atoms. The van der Waals surface area contributed by atoms with E-state index >= 15 is 0 Å². The summed E-state index contributed by atoms with van der Waals surface area (Å²) in [5.41, 5.74) is 3.29. The number of hydrogen-bond acceptors (Lipinski definition) is 6. The lowest BCUT2D eigenvalue weighted by atomic mass is 9.84. The number of hydrazine groups is 2. The van der Waals surface area contributed by atoms with Crippen LogP contribution in [0.3, 0.4) is 0 Å². The van der Waals surface area contributed by atoms with Gasteiger partial charge in [0.1, 0.15) is 13.2 Å². The van der Waals surface area contributed by atoms with Crippen molar-refractivity contribution in [2.75, 3.05) is 13.2 Å². The molecule has 0 heterocycles. The maximum absolute atomic E-state index is 10.9. The van der Waals surface area contributed by atoms with Crippen LogP contribution in [0, 0.1) is 5.41 Å². The number of amides is 2. The summed E-state index contributed by atoms with van der Waals surface area (Å²) in [5, 5.41) is 0. The summed E-state index contributed by atoms with van der Waals surface area (Å²) in [4.78, 5) is 21.8. The van der Waals surface area contributed by atoms with E-state index in [0.717, 1.165) is 0 Å². The molecule has 8 nitrogen and oxygen atoms in total. The average Bonchev–Trinajstić information content (AvgIpc) is 2.38. The van der Waals surface area contributed by atoms with Crippen LogP contribution in [0.15, 0.2) is 0 Å². The van der Waals surface area contributed by atoms with Crippen LogP contribution in [0.2, 0.25) is 0 Å². The minimum absolute atomic E-state index is 0.112.